The zero-order valence-corrected chi connectivity index (χ0v) is 16.7. The largest absolute Gasteiger partial charge is 0.459 e. The van der Waals surface area contributed by atoms with Crippen molar-refractivity contribution < 1.29 is 14.0 Å². The lowest BCUT2D eigenvalue weighted by atomic mass is 10.1. The van der Waals surface area contributed by atoms with Crippen LogP contribution in [0.4, 0.5) is 5.69 Å². The summed E-state index contributed by atoms with van der Waals surface area (Å²) in [6.07, 6.45) is 2.21. The monoisotopic (exact) mass is 404 g/mol. The fourth-order valence-electron chi connectivity index (χ4n) is 3.13. The topological polar surface area (TPSA) is 71.3 Å². The molecule has 0 radical (unpaired) electrons. The van der Waals surface area contributed by atoms with Gasteiger partial charge in [-0.3, -0.25) is 9.59 Å². The number of hydrogen-bond acceptors (Lipinski definition) is 4. The second-order valence-corrected chi connectivity index (χ2v) is 7.64. The van der Waals surface area contributed by atoms with Gasteiger partial charge in [-0.2, -0.15) is 0 Å². The highest BCUT2D eigenvalue weighted by Crippen LogP contribution is 2.25. The maximum atomic E-state index is 12.6. The van der Waals surface area contributed by atoms with Crippen molar-refractivity contribution in [2.75, 3.05) is 11.9 Å². The number of benzene rings is 2. The molecule has 146 valence electrons. The molecule has 6 heteroatoms. The number of nitrogens with one attached hydrogen (secondary N) is 2. The molecule has 5 nitrogen and oxygen atoms in total. The Kier molecular flexibility index (Phi) is 5.44. The summed E-state index contributed by atoms with van der Waals surface area (Å²) >= 11 is 1.72. The third-order valence-electron chi connectivity index (χ3n) is 4.73. The summed E-state index contributed by atoms with van der Waals surface area (Å²) in [5.74, 6) is -0.291. The second-order valence-electron chi connectivity index (χ2n) is 6.72. The van der Waals surface area contributed by atoms with Gasteiger partial charge in [-0.15, -0.1) is 11.3 Å². The summed E-state index contributed by atoms with van der Waals surface area (Å²) in [5.41, 5.74) is 3.19. The van der Waals surface area contributed by atoms with Gasteiger partial charge >= 0.3 is 0 Å². The molecule has 4 aromatic rings. The average molecular weight is 404 g/mol. The lowest BCUT2D eigenvalue weighted by molar-refractivity contribution is 0.0952. The van der Waals surface area contributed by atoms with E-state index in [4.69, 9.17) is 4.42 Å². The van der Waals surface area contributed by atoms with Gasteiger partial charge in [-0.05, 0) is 65.6 Å². The van der Waals surface area contributed by atoms with E-state index in [1.807, 2.05) is 25.1 Å². The molecule has 0 saturated carbocycles. The fourth-order valence-corrected chi connectivity index (χ4v) is 4.13. The predicted octanol–water partition coefficient (Wildman–Crippen LogP) is 5.03. The van der Waals surface area contributed by atoms with Gasteiger partial charge in [0.2, 0.25) is 0 Å². The molecule has 2 heterocycles. The first kappa shape index (κ1) is 19.0. The quantitative estimate of drug-likeness (QED) is 0.474. The summed E-state index contributed by atoms with van der Waals surface area (Å²) in [6, 6.07) is 16.8. The Balaban J connectivity index is 1.40. The number of rotatable bonds is 6. The van der Waals surface area contributed by atoms with E-state index in [9.17, 15) is 9.59 Å². The molecule has 0 aliphatic rings. The van der Waals surface area contributed by atoms with E-state index in [0.29, 0.717) is 17.8 Å². The SMILES string of the molecule is Cc1ccc(C(=O)NCCc2csc3ccccc23)cc1NC(=O)c1ccco1. The molecule has 0 fully saturated rings. The van der Waals surface area contributed by atoms with Crippen LogP contribution in [0.15, 0.2) is 70.7 Å². The first-order valence-electron chi connectivity index (χ1n) is 9.30. The van der Waals surface area contributed by atoms with Crippen molar-refractivity contribution in [1.29, 1.82) is 0 Å². The van der Waals surface area contributed by atoms with Crippen molar-refractivity contribution in [1.82, 2.24) is 5.32 Å². The van der Waals surface area contributed by atoms with Crippen LogP contribution in [0.2, 0.25) is 0 Å². The number of hydrogen-bond donors (Lipinski definition) is 2. The number of amides is 2. The summed E-state index contributed by atoms with van der Waals surface area (Å²) in [5, 5.41) is 9.14. The number of carbonyl (C=O) groups excluding carboxylic acids is 2. The van der Waals surface area contributed by atoms with E-state index in [0.717, 1.165) is 12.0 Å². The van der Waals surface area contributed by atoms with E-state index in [-0.39, 0.29) is 17.6 Å². The fraction of sp³-hybridized carbons (Fsp3) is 0.130. The lowest BCUT2D eigenvalue weighted by Crippen LogP contribution is -2.26. The molecule has 2 N–H and O–H groups in total. The van der Waals surface area contributed by atoms with Crippen LogP contribution in [0, 0.1) is 6.92 Å². The molecule has 0 saturated heterocycles. The van der Waals surface area contributed by atoms with E-state index in [1.165, 1.54) is 21.9 Å². The Bertz CT molecular complexity index is 1160. The minimum Gasteiger partial charge on any atom is -0.459 e. The van der Waals surface area contributed by atoms with Gasteiger partial charge < -0.3 is 15.1 Å². The van der Waals surface area contributed by atoms with E-state index in [1.54, 1.807) is 35.6 Å². The number of anilines is 1. The van der Waals surface area contributed by atoms with Gasteiger partial charge in [-0.25, -0.2) is 0 Å². The molecular weight excluding hydrogens is 384 g/mol. The van der Waals surface area contributed by atoms with Gasteiger partial charge in [0.15, 0.2) is 5.76 Å². The van der Waals surface area contributed by atoms with Crippen LogP contribution >= 0.6 is 11.3 Å². The minimum absolute atomic E-state index is 0.168. The van der Waals surface area contributed by atoms with Crippen molar-refractivity contribution in [3.63, 3.8) is 0 Å². The lowest BCUT2D eigenvalue weighted by Gasteiger charge is -2.10. The Morgan fingerprint density at radius 1 is 1.03 bits per heavy atom. The number of carbonyl (C=O) groups is 2. The highest BCUT2D eigenvalue weighted by Gasteiger charge is 2.13. The minimum atomic E-state index is -0.347. The zero-order chi connectivity index (χ0) is 20.2. The van der Waals surface area contributed by atoms with E-state index >= 15 is 0 Å². The summed E-state index contributed by atoms with van der Waals surface area (Å²) < 4.78 is 6.37. The number of fused-ring (bicyclic) bond motifs is 1. The Morgan fingerprint density at radius 3 is 2.72 bits per heavy atom. The third kappa shape index (κ3) is 4.22. The maximum Gasteiger partial charge on any atom is 0.291 e. The van der Waals surface area contributed by atoms with Crippen LogP contribution in [0.1, 0.15) is 32.0 Å². The van der Waals surface area contributed by atoms with E-state index in [2.05, 4.69) is 28.1 Å². The van der Waals surface area contributed by atoms with Crippen LogP contribution < -0.4 is 10.6 Å². The van der Waals surface area contributed by atoms with Gasteiger partial charge in [0.05, 0.1) is 6.26 Å². The molecule has 2 aromatic carbocycles. The van der Waals surface area contributed by atoms with Crippen LogP contribution in [-0.4, -0.2) is 18.4 Å². The molecule has 29 heavy (non-hydrogen) atoms. The Hall–Kier alpha value is -3.38. The van der Waals surface area contributed by atoms with Crippen molar-refractivity contribution in [2.24, 2.45) is 0 Å². The molecular formula is C23H20N2O3S. The first-order chi connectivity index (χ1) is 14.1. The normalized spacial score (nSPS) is 10.8. The summed E-state index contributed by atoms with van der Waals surface area (Å²) in [7, 11) is 0. The number of thiophene rings is 1. The molecule has 0 atom stereocenters. The van der Waals surface area contributed by atoms with Crippen molar-refractivity contribution in [3.05, 3.63) is 88.7 Å². The van der Waals surface area contributed by atoms with Crippen LogP contribution in [0.3, 0.4) is 0 Å². The van der Waals surface area contributed by atoms with E-state index < -0.39 is 0 Å². The smallest absolute Gasteiger partial charge is 0.291 e. The number of aryl methyl sites for hydroxylation is 1. The van der Waals surface area contributed by atoms with Crippen molar-refractivity contribution in [3.8, 4) is 0 Å². The average Bonchev–Trinajstić information content (AvgIpc) is 3.40. The molecule has 0 aliphatic heterocycles. The third-order valence-corrected chi connectivity index (χ3v) is 5.75. The van der Waals surface area contributed by atoms with Crippen LogP contribution in [0.25, 0.3) is 10.1 Å². The molecule has 0 aliphatic carbocycles. The van der Waals surface area contributed by atoms with Gasteiger partial charge in [0.25, 0.3) is 11.8 Å². The molecule has 2 aromatic heterocycles. The molecule has 0 spiro atoms. The predicted molar refractivity (Wildman–Crippen MR) is 116 cm³/mol. The Morgan fingerprint density at radius 2 is 1.90 bits per heavy atom. The summed E-state index contributed by atoms with van der Waals surface area (Å²) in [4.78, 5) is 24.8. The Labute approximate surface area is 172 Å². The van der Waals surface area contributed by atoms with Crippen molar-refractivity contribution in [2.45, 2.75) is 13.3 Å². The van der Waals surface area contributed by atoms with Gasteiger partial charge in [0, 0.05) is 22.5 Å². The first-order valence-corrected chi connectivity index (χ1v) is 10.2. The standard InChI is InChI=1S/C23H20N2O3S/c1-15-8-9-16(13-19(15)25-23(27)20-6-4-12-28-20)22(26)24-11-10-17-14-29-21-7-3-2-5-18(17)21/h2-9,12-14H,10-11H2,1H3,(H,24,26)(H,25,27). The maximum absolute atomic E-state index is 12.6. The van der Waals surface area contributed by atoms with Gasteiger partial charge in [-0.1, -0.05) is 24.3 Å². The second kappa shape index (κ2) is 8.32. The molecule has 0 unspecified atom stereocenters. The van der Waals surface area contributed by atoms with Crippen molar-refractivity contribution >= 4 is 38.9 Å². The molecule has 2 amide bonds. The zero-order valence-electron chi connectivity index (χ0n) is 15.9. The van der Waals surface area contributed by atoms with Crippen LogP contribution in [-0.2, 0) is 6.42 Å². The number of furan rings is 1. The summed E-state index contributed by atoms with van der Waals surface area (Å²) in [6.45, 7) is 2.42. The highest BCUT2D eigenvalue weighted by molar-refractivity contribution is 7.17. The highest BCUT2D eigenvalue weighted by atomic mass is 32.1. The molecule has 0 bridgehead atoms. The molecule has 4 rings (SSSR count). The van der Waals surface area contributed by atoms with Crippen LogP contribution in [0.5, 0.6) is 0 Å². The van der Waals surface area contributed by atoms with Gasteiger partial charge in [0.1, 0.15) is 0 Å².